The molecule has 0 bridgehead atoms. The van der Waals surface area contributed by atoms with E-state index in [9.17, 15) is 18.3 Å². The zero-order chi connectivity index (χ0) is 22.7. The highest BCUT2D eigenvalue weighted by atomic mass is 32.2. The number of sulfone groups is 1. The van der Waals surface area contributed by atoms with Crippen molar-refractivity contribution >= 4 is 21.8 Å². The third kappa shape index (κ3) is 4.26. The Bertz CT molecular complexity index is 1360. The highest BCUT2D eigenvalue weighted by molar-refractivity contribution is 7.91. The van der Waals surface area contributed by atoms with Gasteiger partial charge in [0.05, 0.1) is 11.3 Å². The fourth-order valence-corrected chi connectivity index (χ4v) is 5.38. The molecule has 0 saturated carbocycles. The molecule has 32 heavy (non-hydrogen) atoms. The van der Waals surface area contributed by atoms with Crippen molar-refractivity contribution in [1.82, 2.24) is 9.55 Å². The molecular weight excluding hydrogens is 426 g/mol. The van der Waals surface area contributed by atoms with E-state index in [2.05, 4.69) is 4.98 Å². The van der Waals surface area contributed by atoms with Crippen LogP contribution in [-0.2, 0) is 14.6 Å². The van der Waals surface area contributed by atoms with Crippen LogP contribution in [0.4, 0.5) is 5.95 Å². The first-order chi connectivity index (χ1) is 15.4. The third-order valence-corrected chi connectivity index (χ3v) is 7.29. The zero-order valence-electron chi connectivity index (χ0n) is 17.0. The average molecular weight is 448 g/mol. The van der Waals surface area contributed by atoms with Crippen molar-refractivity contribution in [3.8, 4) is 16.8 Å². The minimum atomic E-state index is -3.96. The van der Waals surface area contributed by atoms with Gasteiger partial charge in [0.25, 0.3) is 0 Å². The number of imidazole rings is 1. The summed E-state index contributed by atoms with van der Waals surface area (Å²) in [7, 11) is -3.96. The van der Waals surface area contributed by atoms with Gasteiger partial charge < -0.3 is 10.8 Å². The smallest absolute Gasteiger partial charge is 0.305 e. The summed E-state index contributed by atoms with van der Waals surface area (Å²) in [5.41, 5.74) is 8.61. The van der Waals surface area contributed by atoms with Crippen molar-refractivity contribution in [2.45, 2.75) is 16.6 Å². The second-order valence-corrected chi connectivity index (χ2v) is 9.41. The number of nitrogens with zero attached hydrogens (tertiary/aromatic N) is 2. The third-order valence-electron chi connectivity index (χ3n) is 5.20. The Morgan fingerprint density at radius 3 is 2.31 bits per heavy atom. The Kier molecular flexibility index (Phi) is 5.79. The predicted molar refractivity (Wildman–Crippen MR) is 122 cm³/mol. The van der Waals surface area contributed by atoms with E-state index in [1.54, 1.807) is 59.4 Å². The number of hydrogen-bond donors (Lipinski definition) is 2. The molecule has 1 aromatic heterocycles. The number of nitrogens with two attached hydrogens (primary N) is 1. The number of nitrogen functional groups attached to an aromatic ring is 1. The number of carbonyl (C=O) groups is 1. The van der Waals surface area contributed by atoms with Crippen LogP contribution < -0.4 is 5.73 Å². The topological polar surface area (TPSA) is 115 Å². The normalized spacial score (nSPS) is 12.4. The summed E-state index contributed by atoms with van der Waals surface area (Å²) < 4.78 is 28.6. The molecule has 1 atom stereocenters. The lowest BCUT2D eigenvalue weighted by atomic mass is 10.1. The molecule has 162 valence electrons. The van der Waals surface area contributed by atoms with Gasteiger partial charge in [-0.1, -0.05) is 54.6 Å². The quantitative estimate of drug-likeness (QED) is 0.440. The van der Waals surface area contributed by atoms with Crippen LogP contribution in [0.5, 0.6) is 0 Å². The molecule has 7 nitrogen and oxygen atoms in total. The largest absolute Gasteiger partial charge is 0.481 e. The Morgan fingerprint density at radius 2 is 1.66 bits per heavy atom. The van der Waals surface area contributed by atoms with Gasteiger partial charge >= 0.3 is 5.97 Å². The maximum atomic E-state index is 13.5. The Balaban J connectivity index is 1.75. The van der Waals surface area contributed by atoms with Gasteiger partial charge in [-0.2, -0.15) is 0 Å². The van der Waals surface area contributed by atoms with Crippen molar-refractivity contribution in [3.05, 3.63) is 96.8 Å². The molecule has 1 unspecified atom stereocenters. The molecule has 4 rings (SSSR count). The number of carboxylic acid groups (broad SMARTS) is 1. The van der Waals surface area contributed by atoms with Crippen molar-refractivity contribution in [1.29, 1.82) is 0 Å². The van der Waals surface area contributed by atoms with Gasteiger partial charge in [0.15, 0.2) is 9.84 Å². The lowest BCUT2D eigenvalue weighted by molar-refractivity contribution is -0.137. The van der Waals surface area contributed by atoms with Crippen LogP contribution in [-0.4, -0.2) is 29.0 Å². The number of aromatic nitrogens is 2. The van der Waals surface area contributed by atoms with Gasteiger partial charge in [0, 0.05) is 18.1 Å². The summed E-state index contributed by atoms with van der Waals surface area (Å²) in [6.07, 6.45) is 2.82. The predicted octanol–water partition coefficient (Wildman–Crippen LogP) is 4.11. The molecule has 0 fully saturated rings. The monoisotopic (exact) mass is 447 g/mol. The van der Waals surface area contributed by atoms with Crippen LogP contribution in [0.1, 0.15) is 17.2 Å². The first-order valence-electron chi connectivity index (χ1n) is 9.86. The molecule has 0 amide bonds. The molecule has 3 N–H and O–H groups in total. The van der Waals surface area contributed by atoms with E-state index in [4.69, 9.17) is 5.73 Å². The molecule has 0 radical (unpaired) electrons. The molecule has 0 saturated heterocycles. The average Bonchev–Trinajstić information content (AvgIpc) is 3.24. The molecule has 3 aromatic carbocycles. The molecule has 8 heteroatoms. The van der Waals surface area contributed by atoms with E-state index in [-0.39, 0.29) is 4.90 Å². The lowest BCUT2D eigenvalue weighted by Gasteiger charge is -2.17. The zero-order valence-corrected chi connectivity index (χ0v) is 17.8. The van der Waals surface area contributed by atoms with Crippen molar-refractivity contribution in [2.24, 2.45) is 0 Å². The first kappa shape index (κ1) is 21.3. The van der Waals surface area contributed by atoms with Crippen LogP contribution in [0.3, 0.4) is 0 Å². The summed E-state index contributed by atoms with van der Waals surface area (Å²) in [6.45, 7) is 0. The SMILES string of the molecule is Nc1nccn1-c1cccc(-c2cccc(S(=O)(=O)C(CC(=O)O)c3ccccc3)c2)c1. The number of rotatable bonds is 7. The van der Waals surface area contributed by atoms with Gasteiger partial charge in [0.1, 0.15) is 5.25 Å². The summed E-state index contributed by atoms with van der Waals surface area (Å²) in [5.74, 6) is -0.831. The highest BCUT2D eigenvalue weighted by Crippen LogP contribution is 2.34. The van der Waals surface area contributed by atoms with E-state index in [0.29, 0.717) is 17.1 Å². The molecule has 0 aliphatic heterocycles. The molecule has 0 aliphatic rings. The summed E-state index contributed by atoms with van der Waals surface area (Å²) >= 11 is 0. The summed E-state index contributed by atoms with van der Waals surface area (Å²) in [4.78, 5) is 15.5. The van der Waals surface area contributed by atoms with E-state index >= 15 is 0 Å². The van der Waals surface area contributed by atoms with Crippen LogP contribution in [0.2, 0.25) is 0 Å². The number of carboxylic acids is 1. The van der Waals surface area contributed by atoms with Gasteiger partial charge in [0.2, 0.25) is 5.95 Å². The van der Waals surface area contributed by atoms with Gasteiger partial charge in [-0.05, 0) is 41.0 Å². The fraction of sp³-hybridized carbons (Fsp3) is 0.0833. The summed E-state index contributed by atoms with van der Waals surface area (Å²) in [5, 5.41) is 8.16. The first-order valence-corrected chi connectivity index (χ1v) is 11.4. The second-order valence-electron chi connectivity index (χ2n) is 7.28. The molecule has 4 aromatic rings. The van der Waals surface area contributed by atoms with Gasteiger partial charge in [-0.3, -0.25) is 9.36 Å². The molecule has 1 heterocycles. The highest BCUT2D eigenvalue weighted by Gasteiger charge is 2.31. The molecule has 0 aliphatic carbocycles. The van der Waals surface area contributed by atoms with E-state index in [0.717, 1.165) is 11.3 Å². The van der Waals surface area contributed by atoms with Crippen LogP contribution >= 0.6 is 0 Å². The van der Waals surface area contributed by atoms with Crippen molar-refractivity contribution in [2.75, 3.05) is 5.73 Å². The van der Waals surface area contributed by atoms with Gasteiger partial charge in [-0.25, -0.2) is 13.4 Å². The number of anilines is 1. The van der Waals surface area contributed by atoms with E-state index in [1.165, 1.54) is 6.07 Å². The molecule has 0 spiro atoms. The second kappa shape index (κ2) is 8.68. The van der Waals surface area contributed by atoms with E-state index in [1.807, 2.05) is 30.3 Å². The standard InChI is InChI=1S/C24H21N3O4S/c25-24-26-12-13-27(24)20-10-4-8-18(14-20)19-9-5-11-21(15-19)32(30,31)22(16-23(28)29)17-6-2-1-3-7-17/h1-15,22H,16H2,(H2,25,26)(H,28,29). The minimum absolute atomic E-state index is 0.0673. The van der Waals surface area contributed by atoms with Crippen LogP contribution in [0, 0.1) is 0 Å². The van der Waals surface area contributed by atoms with Crippen molar-refractivity contribution < 1.29 is 18.3 Å². The Morgan fingerprint density at radius 1 is 0.969 bits per heavy atom. The maximum Gasteiger partial charge on any atom is 0.305 e. The number of benzene rings is 3. The molecular formula is C24H21N3O4S. The van der Waals surface area contributed by atoms with E-state index < -0.39 is 27.5 Å². The maximum absolute atomic E-state index is 13.5. The Hall–Kier alpha value is -3.91. The van der Waals surface area contributed by atoms with Crippen LogP contribution in [0.25, 0.3) is 16.8 Å². The number of hydrogen-bond acceptors (Lipinski definition) is 5. The number of aliphatic carboxylic acids is 1. The minimum Gasteiger partial charge on any atom is -0.481 e. The van der Waals surface area contributed by atoms with Crippen LogP contribution in [0.15, 0.2) is 96.2 Å². The van der Waals surface area contributed by atoms with Gasteiger partial charge in [-0.15, -0.1) is 0 Å². The lowest BCUT2D eigenvalue weighted by Crippen LogP contribution is -2.17. The summed E-state index contributed by atoms with van der Waals surface area (Å²) in [6, 6.07) is 22.4. The fourth-order valence-electron chi connectivity index (χ4n) is 3.62. The Labute approximate surface area is 185 Å². The van der Waals surface area contributed by atoms with Crippen molar-refractivity contribution in [3.63, 3.8) is 0 Å².